The number of nitrogens with two attached hydrogens (primary N) is 1. The van der Waals surface area contributed by atoms with E-state index in [-0.39, 0.29) is 12.2 Å². The number of nitro benzene ring substituents is 1. The highest BCUT2D eigenvalue weighted by molar-refractivity contribution is 5.69. The largest absolute Gasteiger partial charge is 0.326 e. The molecule has 92 valence electrons. The second-order valence-corrected chi connectivity index (χ2v) is 3.81. The first kappa shape index (κ1) is 12.2. The minimum atomic E-state index is -0.481. The van der Waals surface area contributed by atoms with Gasteiger partial charge in [-0.2, -0.15) is 0 Å². The van der Waals surface area contributed by atoms with E-state index in [1.54, 1.807) is 18.2 Å². The van der Waals surface area contributed by atoms with Gasteiger partial charge in [-0.05, 0) is 28.8 Å². The zero-order valence-corrected chi connectivity index (χ0v) is 9.47. The van der Waals surface area contributed by atoms with Crippen molar-refractivity contribution >= 4 is 5.69 Å². The number of nitrogens with zero attached hydrogens (tertiary/aromatic N) is 1. The van der Waals surface area contributed by atoms with Crippen LogP contribution in [0.4, 0.5) is 10.1 Å². The standard InChI is InChI=1S/C13H11FN2O2/c14-11-5-4-10(8-15)13(7-11)9-2-1-3-12(6-9)16(17)18/h1-7H,8,15H2. The predicted octanol–water partition coefficient (Wildman–Crippen LogP) is 2.86. The van der Waals surface area contributed by atoms with Gasteiger partial charge in [0.1, 0.15) is 5.82 Å². The van der Waals surface area contributed by atoms with E-state index in [1.165, 1.54) is 24.3 Å². The second-order valence-electron chi connectivity index (χ2n) is 3.81. The fourth-order valence-corrected chi connectivity index (χ4v) is 1.78. The first-order valence-electron chi connectivity index (χ1n) is 5.35. The fourth-order valence-electron chi connectivity index (χ4n) is 1.78. The van der Waals surface area contributed by atoms with Gasteiger partial charge in [0.15, 0.2) is 0 Å². The van der Waals surface area contributed by atoms with Gasteiger partial charge < -0.3 is 5.73 Å². The predicted molar refractivity (Wildman–Crippen MR) is 66.4 cm³/mol. The van der Waals surface area contributed by atoms with Crippen molar-refractivity contribution in [2.24, 2.45) is 5.73 Å². The maximum atomic E-state index is 13.3. The molecule has 0 fully saturated rings. The molecule has 2 aromatic rings. The molecule has 0 aliphatic carbocycles. The van der Waals surface area contributed by atoms with Crippen molar-refractivity contribution in [1.29, 1.82) is 0 Å². The van der Waals surface area contributed by atoms with Crippen molar-refractivity contribution in [3.8, 4) is 11.1 Å². The van der Waals surface area contributed by atoms with Crippen LogP contribution in [-0.4, -0.2) is 4.92 Å². The summed E-state index contributed by atoms with van der Waals surface area (Å²) in [4.78, 5) is 10.2. The molecular formula is C13H11FN2O2. The lowest BCUT2D eigenvalue weighted by atomic mass is 9.99. The molecule has 0 atom stereocenters. The quantitative estimate of drug-likeness (QED) is 0.668. The van der Waals surface area contributed by atoms with E-state index in [4.69, 9.17) is 5.73 Å². The second kappa shape index (κ2) is 4.93. The molecule has 0 aliphatic rings. The van der Waals surface area contributed by atoms with Crippen LogP contribution in [-0.2, 0) is 6.54 Å². The lowest BCUT2D eigenvalue weighted by Gasteiger charge is -2.08. The van der Waals surface area contributed by atoms with Crippen molar-refractivity contribution in [1.82, 2.24) is 0 Å². The Balaban J connectivity index is 2.57. The molecule has 0 aromatic heterocycles. The van der Waals surface area contributed by atoms with E-state index in [1.807, 2.05) is 0 Å². The molecule has 0 aliphatic heterocycles. The summed E-state index contributed by atoms with van der Waals surface area (Å²) in [5.74, 6) is -0.395. The van der Waals surface area contributed by atoms with Crippen LogP contribution in [0, 0.1) is 15.9 Å². The Labute approximate surface area is 103 Å². The zero-order valence-electron chi connectivity index (χ0n) is 9.47. The molecule has 0 radical (unpaired) electrons. The Morgan fingerprint density at radius 3 is 2.67 bits per heavy atom. The Hall–Kier alpha value is -2.27. The highest BCUT2D eigenvalue weighted by atomic mass is 19.1. The highest BCUT2D eigenvalue weighted by Gasteiger charge is 2.10. The molecule has 2 aromatic carbocycles. The first-order chi connectivity index (χ1) is 8.61. The summed E-state index contributed by atoms with van der Waals surface area (Å²) in [5.41, 5.74) is 7.47. The maximum absolute atomic E-state index is 13.3. The van der Waals surface area contributed by atoms with Crippen molar-refractivity contribution < 1.29 is 9.31 Å². The third-order valence-corrected chi connectivity index (χ3v) is 2.66. The van der Waals surface area contributed by atoms with Crippen LogP contribution >= 0.6 is 0 Å². The van der Waals surface area contributed by atoms with Gasteiger partial charge in [0, 0.05) is 18.7 Å². The molecule has 0 unspecified atom stereocenters. The average Bonchev–Trinajstić information content (AvgIpc) is 2.39. The molecule has 18 heavy (non-hydrogen) atoms. The molecule has 4 nitrogen and oxygen atoms in total. The van der Waals surface area contributed by atoms with Crippen molar-refractivity contribution in [2.45, 2.75) is 6.54 Å². The summed E-state index contributed by atoms with van der Waals surface area (Å²) in [6.07, 6.45) is 0. The van der Waals surface area contributed by atoms with E-state index in [0.717, 1.165) is 5.56 Å². The van der Waals surface area contributed by atoms with Crippen molar-refractivity contribution in [3.63, 3.8) is 0 Å². The van der Waals surface area contributed by atoms with Gasteiger partial charge in [-0.25, -0.2) is 4.39 Å². The molecule has 5 heteroatoms. The van der Waals surface area contributed by atoms with Crippen LogP contribution in [0.2, 0.25) is 0 Å². The smallest absolute Gasteiger partial charge is 0.270 e. The maximum Gasteiger partial charge on any atom is 0.270 e. The molecule has 0 bridgehead atoms. The summed E-state index contributed by atoms with van der Waals surface area (Å²) in [7, 11) is 0. The molecule has 0 saturated carbocycles. The highest BCUT2D eigenvalue weighted by Crippen LogP contribution is 2.27. The van der Waals surface area contributed by atoms with E-state index in [0.29, 0.717) is 11.1 Å². The molecular weight excluding hydrogens is 235 g/mol. The van der Waals surface area contributed by atoms with Crippen LogP contribution in [0.5, 0.6) is 0 Å². The van der Waals surface area contributed by atoms with Gasteiger partial charge >= 0.3 is 0 Å². The summed E-state index contributed by atoms with van der Waals surface area (Å²) < 4.78 is 13.3. The Bertz CT molecular complexity index is 599. The molecule has 0 heterocycles. The molecule has 2 N–H and O–H groups in total. The van der Waals surface area contributed by atoms with Crippen molar-refractivity contribution in [2.75, 3.05) is 0 Å². The van der Waals surface area contributed by atoms with Gasteiger partial charge in [0.25, 0.3) is 5.69 Å². The summed E-state index contributed by atoms with van der Waals surface area (Å²) in [6.45, 7) is 0.248. The van der Waals surface area contributed by atoms with Gasteiger partial charge in [-0.1, -0.05) is 18.2 Å². The number of nitro groups is 1. The fraction of sp³-hybridized carbons (Fsp3) is 0.0769. The Kier molecular flexibility index (Phi) is 3.34. The van der Waals surface area contributed by atoms with Crippen LogP contribution < -0.4 is 5.73 Å². The minimum absolute atomic E-state index is 0.0280. The van der Waals surface area contributed by atoms with E-state index < -0.39 is 10.7 Å². The summed E-state index contributed by atoms with van der Waals surface area (Å²) in [6, 6.07) is 10.3. The lowest BCUT2D eigenvalue weighted by Crippen LogP contribution is -1.99. The average molecular weight is 246 g/mol. The molecule has 0 saturated heterocycles. The van der Waals surface area contributed by atoms with Gasteiger partial charge in [-0.3, -0.25) is 10.1 Å². The molecule has 2 rings (SSSR count). The van der Waals surface area contributed by atoms with Crippen molar-refractivity contribution in [3.05, 3.63) is 64.0 Å². The first-order valence-corrected chi connectivity index (χ1v) is 5.35. The number of hydrogen-bond acceptors (Lipinski definition) is 3. The molecule has 0 spiro atoms. The zero-order chi connectivity index (χ0) is 13.1. The van der Waals surface area contributed by atoms with Gasteiger partial charge in [-0.15, -0.1) is 0 Å². The summed E-state index contributed by atoms with van der Waals surface area (Å²) >= 11 is 0. The monoisotopic (exact) mass is 246 g/mol. The number of benzene rings is 2. The van der Waals surface area contributed by atoms with Gasteiger partial charge in [0.05, 0.1) is 4.92 Å². The number of halogens is 1. The normalized spacial score (nSPS) is 10.3. The van der Waals surface area contributed by atoms with Gasteiger partial charge in [0.2, 0.25) is 0 Å². The third kappa shape index (κ3) is 2.36. The summed E-state index contributed by atoms with van der Waals surface area (Å²) in [5, 5.41) is 10.7. The number of non-ortho nitro benzene ring substituents is 1. The van der Waals surface area contributed by atoms with Crippen LogP contribution in [0.25, 0.3) is 11.1 Å². The topological polar surface area (TPSA) is 69.2 Å². The third-order valence-electron chi connectivity index (χ3n) is 2.66. The molecule has 0 amide bonds. The van der Waals surface area contributed by atoms with Crippen LogP contribution in [0.3, 0.4) is 0 Å². The number of hydrogen-bond donors (Lipinski definition) is 1. The SMILES string of the molecule is NCc1ccc(F)cc1-c1cccc([N+](=O)[O-])c1. The van der Waals surface area contributed by atoms with Crippen LogP contribution in [0.15, 0.2) is 42.5 Å². The minimum Gasteiger partial charge on any atom is -0.326 e. The Morgan fingerprint density at radius 1 is 1.22 bits per heavy atom. The number of rotatable bonds is 3. The lowest BCUT2D eigenvalue weighted by molar-refractivity contribution is -0.384. The Morgan fingerprint density at radius 2 is 2.00 bits per heavy atom. The van der Waals surface area contributed by atoms with E-state index in [2.05, 4.69) is 0 Å². The van der Waals surface area contributed by atoms with Crippen LogP contribution in [0.1, 0.15) is 5.56 Å². The van der Waals surface area contributed by atoms with E-state index >= 15 is 0 Å². The van der Waals surface area contributed by atoms with E-state index in [9.17, 15) is 14.5 Å².